The molecule has 0 bridgehead atoms. The van der Waals surface area contributed by atoms with E-state index in [-0.39, 0.29) is 86.0 Å². The summed E-state index contributed by atoms with van der Waals surface area (Å²) in [5.41, 5.74) is 0. The third kappa shape index (κ3) is 58.9. The Balaban J connectivity index is -0.000000228. The smallest absolute Gasteiger partial charge is 0.550 e. The summed E-state index contributed by atoms with van der Waals surface area (Å²) in [5, 5.41) is 39.6. The second-order valence-corrected chi connectivity index (χ2v) is 16.2. The molecule has 12 nitrogen and oxygen atoms in total. The van der Waals surface area contributed by atoms with E-state index < -0.39 is 17.9 Å². The van der Waals surface area contributed by atoms with Crippen molar-refractivity contribution in [2.45, 2.75) is 151 Å². The van der Waals surface area contributed by atoms with Gasteiger partial charge in [-0.05, 0) is 114 Å². The number of carboxylic acids is 3. The number of aliphatic carboxylic acids is 3. The first-order valence-corrected chi connectivity index (χ1v) is 22.4. The van der Waals surface area contributed by atoms with Gasteiger partial charge in [-0.25, -0.2) is 0 Å². The molecule has 0 aliphatic heterocycles. The van der Waals surface area contributed by atoms with Crippen molar-refractivity contribution in [3.8, 4) is 0 Å². The zero-order chi connectivity index (χ0) is 41.4. The van der Waals surface area contributed by atoms with Crippen LogP contribution < -0.4 is 60.8 Å². The van der Waals surface area contributed by atoms with Crippen LogP contribution in [0.5, 0.6) is 0 Å². The van der Waals surface area contributed by atoms with Crippen LogP contribution in [0, 0.1) is 0 Å². The molecule has 0 aromatic heterocycles. The number of amides is 3. The average molecular weight is 966 g/mol. The molecule has 3 amide bonds. The van der Waals surface area contributed by atoms with Gasteiger partial charge in [0.15, 0.2) is 0 Å². The normalized spacial score (nSPS) is 11.7. The molecule has 0 heterocycles. The van der Waals surface area contributed by atoms with Crippen LogP contribution in [-0.2, 0) is 48.2 Å². The fourth-order valence-electron chi connectivity index (χ4n) is 4.52. The molecule has 3 atom stereocenters. The van der Waals surface area contributed by atoms with E-state index in [4.69, 9.17) is 0 Å². The molecule has 3 unspecified atom stereocenters. The molecule has 0 aromatic rings. The molecule has 0 saturated heterocycles. The Labute approximate surface area is 404 Å². The number of rotatable bonds is 33. The molecule has 0 aliphatic rings. The predicted molar refractivity (Wildman–Crippen MR) is 231 cm³/mol. The summed E-state index contributed by atoms with van der Waals surface area (Å²) >= 11 is 25.7. The fraction of sp³-hybridized carbons (Fsp3) is 0.833. The van der Waals surface area contributed by atoms with E-state index in [1.54, 1.807) is 0 Å². The number of hydrogen-bond acceptors (Lipinski definition) is 15. The van der Waals surface area contributed by atoms with Crippen LogP contribution in [0.15, 0.2) is 0 Å². The molecule has 0 aliphatic carbocycles. The van der Waals surface area contributed by atoms with Crippen molar-refractivity contribution >= 4 is 111 Å². The second-order valence-electron chi connectivity index (χ2n) is 12.7. The van der Waals surface area contributed by atoms with E-state index in [9.17, 15) is 44.1 Å². The number of carbonyl (C=O) groups excluding carboxylic acids is 6. The van der Waals surface area contributed by atoms with Gasteiger partial charge in [0.25, 0.3) is 0 Å². The number of carbonyl (C=O) groups is 6. The summed E-state index contributed by atoms with van der Waals surface area (Å²) < 4.78 is 0. The molecule has 318 valence electrons. The summed E-state index contributed by atoms with van der Waals surface area (Å²) in [4.78, 5) is 64.5. The molecule has 3 N–H and O–H groups in total. The number of nitrogens with one attached hydrogen (secondary N) is 3. The molecular weight excluding hydrogens is 899 g/mol. The standard InChI is InChI=1S/3C12H23NO3S2.Na.Zn/c3*14-11(13-8-3-6-12(15)16)5-2-1-4-10(18)7-9-17;;/h3*10,17-18H,1-9H2,(H,13,14)(H,15,16);;/q;;;+1;+2/p-3. The molecule has 0 rings (SSSR count). The van der Waals surface area contributed by atoms with Gasteiger partial charge >= 0.3 is 49.0 Å². The van der Waals surface area contributed by atoms with Crippen molar-refractivity contribution in [1.82, 2.24) is 16.0 Å². The minimum absolute atomic E-state index is 0. The van der Waals surface area contributed by atoms with E-state index in [1.165, 1.54) is 0 Å². The zero-order valence-corrected chi connectivity index (χ0v) is 43.7. The van der Waals surface area contributed by atoms with Gasteiger partial charge in [-0.15, -0.1) is 0 Å². The number of carboxylic acid groups (broad SMARTS) is 3. The van der Waals surface area contributed by atoms with Gasteiger partial charge in [-0.2, -0.15) is 75.8 Å². The molecule has 56 heavy (non-hydrogen) atoms. The zero-order valence-electron chi connectivity index (χ0n) is 33.4. The first-order chi connectivity index (χ1) is 25.7. The van der Waals surface area contributed by atoms with Gasteiger partial charge < -0.3 is 45.7 Å². The fourth-order valence-corrected chi connectivity index (χ4v) is 7.00. The summed E-state index contributed by atoms with van der Waals surface area (Å²) in [6, 6.07) is 0. The van der Waals surface area contributed by atoms with Crippen molar-refractivity contribution < 1.29 is 93.1 Å². The van der Waals surface area contributed by atoms with E-state index in [0.717, 1.165) is 94.3 Å². The van der Waals surface area contributed by atoms with Crippen LogP contribution in [-0.4, -0.2) is 88.3 Å². The maximum Gasteiger partial charge on any atom is 2.00 e. The molecule has 20 heteroatoms. The summed E-state index contributed by atoms with van der Waals surface area (Å²) in [7, 11) is 0. The Bertz CT molecular complexity index is 882. The SMILES string of the molecule is O=C([O-])CCCNC(=O)CCCCC(S)CCS.O=C([O-])CCCNC(=O)CCCCC(S)CCS.O=C([O-])CCCNC(=O)CCCCC(S)CCS.[Na+].[Zn+2]. The molecular formula is C36H66N3NaO9S6Zn. The largest absolute Gasteiger partial charge is 2.00 e. The van der Waals surface area contributed by atoms with Gasteiger partial charge in [0.05, 0.1) is 0 Å². The van der Waals surface area contributed by atoms with Crippen molar-refractivity contribution in [3.63, 3.8) is 0 Å². The van der Waals surface area contributed by atoms with E-state index >= 15 is 0 Å². The van der Waals surface area contributed by atoms with Crippen LogP contribution >= 0.6 is 75.8 Å². The number of hydrogen-bond donors (Lipinski definition) is 9. The first kappa shape index (κ1) is 65.7. The predicted octanol–water partition coefficient (Wildman–Crippen LogP) is -0.564. The minimum Gasteiger partial charge on any atom is -0.550 e. The van der Waals surface area contributed by atoms with Gasteiger partial charge in [-0.1, -0.05) is 19.3 Å². The Morgan fingerprint density at radius 3 is 0.821 bits per heavy atom. The van der Waals surface area contributed by atoms with Crippen LogP contribution in [0.4, 0.5) is 0 Å². The maximum absolute atomic E-state index is 11.4. The van der Waals surface area contributed by atoms with Gasteiger partial charge in [0.1, 0.15) is 0 Å². The van der Waals surface area contributed by atoms with E-state index in [1.807, 2.05) is 0 Å². The van der Waals surface area contributed by atoms with Gasteiger partial charge in [0.2, 0.25) is 17.7 Å². The summed E-state index contributed by atoms with van der Waals surface area (Å²) in [6.45, 7) is 1.21. The molecule has 0 saturated carbocycles. The molecule has 0 aromatic carbocycles. The van der Waals surface area contributed by atoms with Crippen molar-refractivity contribution in [2.75, 3.05) is 36.9 Å². The number of thiol groups is 6. The van der Waals surface area contributed by atoms with Gasteiger partial charge in [0, 0.05) is 72.6 Å². The van der Waals surface area contributed by atoms with Gasteiger partial charge in [-0.3, -0.25) is 14.4 Å². The van der Waals surface area contributed by atoms with Crippen LogP contribution in [0.25, 0.3) is 0 Å². The van der Waals surface area contributed by atoms with Crippen molar-refractivity contribution in [3.05, 3.63) is 0 Å². The van der Waals surface area contributed by atoms with Crippen molar-refractivity contribution in [2.24, 2.45) is 0 Å². The third-order valence-electron chi connectivity index (χ3n) is 7.60. The Morgan fingerprint density at radius 2 is 0.625 bits per heavy atom. The monoisotopic (exact) mass is 963 g/mol. The molecule has 0 spiro atoms. The first-order valence-electron chi connectivity index (χ1n) is 18.9. The average Bonchev–Trinajstić information content (AvgIpc) is 3.10. The Hall–Kier alpha value is 0.543. The topological polar surface area (TPSA) is 208 Å². The minimum atomic E-state index is -1.08. The van der Waals surface area contributed by atoms with E-state index in [2.05, 4.69) is 91.7 Å². The summed E-state index contributed by atoms with van der Waals surface area (Å²) in [5.74, 6) is -0.752. The second kappa shape index (κ2) is 49.9. The quantitative estimate of drug-likeness (QED) is 0.0235. The van der Waals surface area contributed by atoms with Crippen LogP contribution in [0.3, 0.4) is 0 Å². The van der Waals surface area contributed by atoms with Crippen LogP contribution in [0.2, 0.25) is 0 Å². The number of unbranched alkanes of at least 4 members (excludes halogenated alkanes) is 3. The van der Waals surface area contributed by atoms with Crippen LogP contribution in [0.1, 0.15) is 135 Å². The van der Waals surface area contributed by atoms with Crippen molar-refractivity contribution in [1.29, 1.82) is 0 Å². The molecule has 0 fully saturated rings. The molecule has 0 radical (unpaired) electrons. The Kier molecular flexibility index (Phi) is 58.5. The third-order valence-corrected chi connectivity index (χ3v) is 9.92. The Morgan fingerprint density at radius 1 is 0.393 bits per heavy atom. The van der Waals surface area contributed by atoms with E-state index in [0.29, 0.717) is 73.9 Å². The maximum atomic E-state index is 11.4. The summed E-state index contributed by atoms with van der Waals surface area (Å²) in [6.07, 6.45) is 14.2.